The van der Waals surface area contributed by atoms with E-state index in [1.807, 2.05) is 6.92 Å². The smallest absolute Gasteiger partial charge is 0.309 e. The minimum absolute atomic E-state index is 0.0449. The normalized spacial score (nSPS) is 18.2. The number of esters is 1. The van der Waals surface area contributed by atoms with Crippen LogP contribution in [0, 0.1) is 5.92 Å². The summed E-state index contributed by atoms with van der Waals surface area (Å²) in [5, 5.41) is 13.2. The van der Waals surface area contributed by atoms with Gasteiger partial charge in [0.15, 0.2) is 0 Å². The van der Waals surface area contributed by atoms with Crippen molar-refractivity contribution in [1.29, 1.82) is 0 Å². The summed E-state index contributed by atoms with van der Waals surface area (Å²) in [7, 11) is 2.98. The first-order valence-corrected chi connectivity index (χ1v) is 5.86. The summed E-state index contributed by atoms with van der Waals surface area (Å²) >= 11 is 0. The zero-order valence-electron chi connectivity index (χ0n) is 11.4. The van der Waals surface area contributed by atoms with Gasteiger partial charge in [0.25, 0.3) is 0 Å². The van der Waals surface area contributed by atoms with Crippen LogP contribution in [0.1, 0.15) is 27.2 Å². The molecule has 3 atom stereocenters. The van der Waals surface area contributed by atoms with Crippen molar-refractivity contribution in [3.8, 4) is 0 Å². The van der Waals surface area contributed by atoms with Crippen LogP contribution in [0.2, 0.25) is 0 Å². The highest BCUT2D eigenvalue weighted by atomic mass is 16.5. The third kappa shape index (κ3) is 6.61. The number of carbonyl (C=O) groups excluding carboxylic acids is 1. The van der Waals surface area contributed by atoms with Gasteiger partial charge < -0.3 is 19.9 Å². The lowest BCUT2D eigenvalue weighted by Gasteiger charge is -2.27. The molecule has 0 fully saturated rings. The quantitative estimate of drug-likeness (QED) is 0.613. The minimum Gasteiger partial charge on any atom is -0.469 e. The van der Waals surface area contributed by atoms with Gasteiger partial charge in [-0.05, 0) is 13.8 Å². The topological polar surface area (TPSA) is 67.8 Å². The Morgan fingerprint density at radius 2 is 2.00 bits per heavy atom. The molecule has 2 N–H and O–H groups in total. The molecular formula is C12H25NO4. The summed E-state index contributed by atoms with van der Waals surface area (Å²) in [6.07, 6.45) is 0.551. The van der Waals surface area contributed by atoms with Gasteiger partial charge >= 0.3 is 5.97 Å². The second-order valence-corrected chi connectivity index (χ2v) is 4.72. The monoisotopic (exact) mass is 247 g/mol. The molecular weight excluding hydrogens is 222 g/mol. The molecule has 0 spiro atoms. The van der Waals surface area contributed by atoms with Crippen molar-refractivity contribution in [2.24, 2.45) is 5.92 Å². The summed E-state index contributed by atoms with van der Waals surface area (Å²) in [4.78, 5) is 11.3. The van der Waals surface area contributed by atoms with E-state index in [0.29, 0.717) is 19.6 Å². The predicted octanol–water partition coefficient (Wildman–Crippen LogP) is 0.561. The largest absolute Gasteiger partial charge is 0.469 e. The van der Waals surface area contributed by atoms with Crippen LogP contribution in [-0.4, -0.2) is 50.1 Å². The Morgan fingerprint density at radius 1 is 1.41 bits per heavy atom. The lowest BCUT2D eigenvalue weighted by molar-refractivity contribution is -0.145. The zero-order chi connectivity index (χ0) is 13.5. The van der Waals surface area contributed by atoms with Gasteiger partial charge in [0, 0.05) is 32.7 Å². The highest BCUT2D eigenvalue weighted by Gasteiger charge is 2.25. The van der Waals surface area contributed by atoms with Crippen LogP contribution in [-0.2, 0) is 14.3 Å². The molecule has 0 amide bonds. The molecule has 0 aromatic rings. The van der Waals surface area contributed by atoms with Crippen molar-refractivity contribution in [3.05, 3.63) is 0 Å². The molecule has 0 saturated heterocycles. The summed E-state index contributed by atoms with van der Waals surface area (Å²) < 4.78 is 9.59. The molecule has 17 heavy (non-hydrogen) atoms. The van der Waals surface area contributed by atoms with Gasteiger partial charge in [-0.3, -0.25) is 4.79 Å². The molecule has 0 bridgehead atoms. The van der Waals surface area contributed by atoms with Crippen molar-refractivity contribution in [3.63, 3.8) is 0 Å². The highest BCUT2D eigenvalue weighted by molar-refractivity contribution is 5.72. The van der Waals surface area contributed by atoms with Crippen LogP contribution in [0.15, 0.2) is 0 Å². The molecule has 5 heteroatoms. The molecule has 0 heterocycles. The van der Waals surface area contributed by atoms with Gasteiger partial charge in [-0.2, -0.15) is 0 Å². The lowest BCUT2D eigenvalue weighted by Crippen LogP contribution is -2.45. The van der Waals surface area contributed by atoms with E-state index >= 15 is 0 Å². The SMILES string of the molecule is COCCC(C)(O)CNC(C)C(C)C(=O)OC. The number of rotatable bonds is 8. The minimum atomic E-state index is -0.833. The molecule has 0 aliphatic rings. The summed E-state index contributed by atoms with van der Waals surface area (Å²) in [6.45, 7) is 6.37. The number of hydrogen-bond acceptors (Lipinski definition) is 5. The molecule has 0 saturated carbocycles. The number of carbonyl (C=O) groups is 1. The van der Waals surface area contributed by atoms with E-state index in [4.69, 9.17) is 4.74 Å². The van der Waals surface area contributed by atoms with Crippen molar-refractivity contribution >= 4 is 5.97 Å². The molecule has 0 aliphatic carbocycles. The maximum absolute atomic E-state index is 11.3. The van der Waals surface area contributed by atoms with Crippen LogP contribution >= 0.6 is 0 Å². The summed E-state index contributed by atoms with van der Waals surface area (Å²) in [5.74, 6) is -0.486. The maximum Gasteiger partial charge on any atom is 0.309 e. The standard InChI is InChI=1S/C12H25NO4/c1-9(11(14)17-5)10(2)13-8-12(3,15)6-7-16-4/h9-10,13,15H,6-8H2,1-5H3. The zero-order valence-corrected chi connectivity index (χ0v) is 11.4. The van der Waals surface area contributed by atoms with Gasteiger partial charge in [0.1, 0.15) is 0 Å². The van der Waals surface area contributed by atoms with Crippen LogP contribution in [0.4, 0.5) is 0 Å². The fourth-order valence-electron chi connectivity index (χ4n) is 1.36. The second kappa shape index (κ2) is 7.63. The van der Waals surface area contributed by atoms with Crippen molar-refractivity contribution in [1.82, 2.24) is 5.32 Å². The third-order valence-electron chi connectivity index (χ3n) is 2.97. The molecule has 0 radical (unpaired) electrons. The molecule has 0 rings (SSSR count). The van der Waals surface area contributed by atoms with Crippen LogP contribution < -0.4 is 5.32 Å². The van der Waals surface area contributed by atoms with E-state index in [1.54, 1.807) is 21.0 Å². The second-order valence-electron chi connectivity index (χ2n) is 4.72. The first-order chi connectivity index (χ1) is 7.84. The van der Waals surface area contributed by atoms with Crippen molar-refractivity contribution in [2.75, 3.05) is 27.4 Å². The average Bonchev–Trinajstić information content (AvgIpc) is 2.31. The van der Waals surface area contributed by atoms with E-state index in [2.05, 4.69) is 10.1 Å². The average molecular weight is 247 g/mol. The maximum atomic E-state index is 11.3. The Morgan fingerprint density at radius 3 is 2.47 bits per heavy atom. The van der Waals surface area contributed by atoms with Crippen LogP contribution in [0.25, 0.3) is 0 Å². The van der Waals surface area contributed by atoms with Gasteiger partial charge in [-0.15, -0.1) is 0 Å². The fourth-order valence-corrected chi connectivity index (χ4v) is 1.36. The van der Waals surface area contributed by atoms with E-state index in [0.717, 1.165) is 0 Å². The third-order valence-corrected chi connectivity index (χ3v) is 2.97. The number of aliphatic hydroxyl groups is 1. The molecule has 102 valence electrons. The molecule has 0 aromatic carbocycles. The van der Waals surface area contributed by atoms with Gasteiger partial charge in [0.2, 0.25) is 0 Å². The summed E-state index contributed by atoms with van der Waals surface area (Å²) in [5.41, 5.74) is -0.833. The van der Waals surface area contributed by atoms with E-state index in [-0.39, 0.29) is 17.9 Å². The highest BCUT2D eigenvalue weighted by Crippen LogP contribution is 2.10. The van der Waals surface area contributed by atoms with E-state index in [9.17, 15) is 9.90 Å². The van der Waals surface area contributed by atoms with Crippen molar-refractivity contribution < 1.29 is 19.4 Å². The van der Waals surface area contributed by atoms with E-state index < -0.39 is 5.60 Å². The fraction of sp³-hybridized carbons (Fsp3) is 0.917. The predicted molar refractivity (Wildman–Crippen MR) is 65.8 cm³/mol. The number of hydrogen-bond donors (Lipinski definition) is 2. The lowest BCUT2D eigenvalue weighted by atomic mass is 10.00. The molecule has 5 nitrogen and oxygen atoms in total. The van der Waals surface area contributed by atoms with E-state index in [1.165, 1.54) is 7.11 Å². The Bertz CT molecular complexity index is 231. The Labute approximate surface area is 103 Å². The first-order valence-electron chi connectivity index (χ1n) is 5.86. The van der Waals surface area contributed by atoms with Crippen molar-refractivity contribution in [2.45, 2.75) is 38.8 Å². The molecule has 0 aliphatic heterocycles. The molecule has 3 unspecified atom stereocenters. The van der Waals surface area contributed by atoms with Gasteiger partial charge in [0.05, 0.1) is 18.6 Å². The van der Waals surface area contributed by atoms with Gasteiger partial charge in [-0.25, -0.2) is 0 Å². The number of ether oxygens (including phenoxy) is 2. The van der Waals surface area contributed by atoms with Gasteiger partial charge in [-0.1, -0.05) is 6.92 Å². The Balaban J connectivity index is 4.05. The van der Waals surface area contributed by atoms with Crippen LogP contribution in [0.5, 0.6) is 0 Å². The number of methoxy groups -OCH3 is 2. The summed E-state index contributed by atoms with van der Waals surface area (Å²) in [6, 6.07) is -0.0449. The van der Waals surface area contributed by atoms with Crippen LogP contribution in [0.3, 0.4) is 0 Å². The number of nitrogens with one attached hydrogen (secondary N) is 1. The Hall–Kier alpha value is -0.650. The molecule has 0 aromatic heterocycles. The Kier molecular flexibility index (Phi) is 7.34. The first kappa shape index (κ1) is 16.4.